The summed E-state index contributed by atoms with van der Waals surface area (Å²) in [4.78, 5) is 22.3. The number of aromatic hydroxyl groups is 1. The van der Waals surface area contributed by atoms with E-state index in [0.717, 1.165) is 25.1 Å². The van der Waals surface area contributed by atoms with Gasteiger partial charge in [0, 0.05) is 19.2 Å². The average Bonchev–Trinajstić information content (AvgIpc) is 3.07. The van der Waals surface area contributed by atoms with Crippen LogP contribution in [0, 0.1) is 11.3 Å². The molecule has 0 unspecified atom stereocenters. The quantitative estimate of drug-likeness (QED) is 0.560. The van der Waals surface area contributed by atoms with E-state index in [9.17, 15) is 20.0 Å². The number of likely N-dealkylation sites (tertiary alicyclic amines) is 1. The van der Waals surface area contributed by atoms with Crippen molar-refractivity contribution in [3.63, 3.8) is 0 Å². The molecule has 1 aromatic heterocycles. The summed E-state index contributed by atoms with van der Waals surface area (Å²) >= 11 is 0. The molecule has 3 rings (SSSR count). The smallest absolute Gasteiger partial charge is 0.407 e. The zero-order valence-corrected chi connectivity index (χ0v) is 17.2. The molecular formula is C21H26N4O5. The second-order valence-electron chi connectivity index (χ2n) is 7.88. The molecule has 1 aliphatic rings. The van der Waals surface area contributed by atoms with Gasteiger partial charge in [0.1, 0.15) is 11.5 Å². The Morgan fingerprint density at radius 1 is 1.30 bits per heavy atom. The summed E-state index contributed by atoms with van der Waals surface area (Å²) in [5.41, 5.74) is 6.66. The van der Waals surface area contributed by atoms with Crippen molar-refractivity contribution in [2.45, 2.75) is 39.2 Å². The number of carboxylic acid groups (broad SMARTS) is 1. The number of benzene rings is 1. The van der Waals surface area contributed by atoms with E-state index in [0.29, 0.717) is 17.0 Å². The number of hydrogen-bond donors (Lipinski definition) is 4. The van der Waals surface area contributed by atoms with Crippen LogP contribution in [0.2, 0.25) is 0 Å². The van der Waals surface area contributed by atoms with Crippen LogP contribution in [0.5, 0.6) is 5.75 Å². The summed E-state index contributed by atoms with van der Waals surface area (Å²) in [6.45, 7) is 7.72. The van der Waals surface area contributed by atoms with Crippen molar-refractivity contribution in [2.24, 2.45) is 5.73 Å². The SMILES string of the molecule is CC(C)(C)c1cc(NCc2ccc(C(N)=O)o2)c(O)cc1C#N.O=C(O)N1CCC1. The van der Waals surface area contributed by atoms with E-state index < -0.39 is 12.0 Å². The van der Waals surface area contributed by atoms with Gasteiger partial charge < -0.3 is 30.6 Å². The molecule has 9 nitrogen and oxygen atoms in total. The second-order valence-corrected chi connectivity index (χ2v) is 7.88. The number of nitrogens with one attached hydrogen (secondary N) is 1. The van der Waals surface area contributed by atoms with Crippen molar-refractivity contribution in [1.82, 2.24) is 4.90 Å². The molecule has 0 spiro atoms. The predicted molar refractivity (Wildman–Crippen MR) is 110 cm³/mol. The van der Waals surface area contributed by atoms with Crippen LogP contribution >= 0.6 is 0 Å². The number of carbonyl (C=O) groups excluding carboxylic acids is 1. The lowest BCUT2D eigenvalue weighted by Crippen LogP contribution is -2.40. The molecule has 2 amide bonds. The van der Waals surface area contributed by atoms with Gasteiger partial charge in [-0.1, -0.05) is 20.8 Å². The van der Waals surface area contributed by atoms with E-state index in [4.69, 9.17) is 15.3 Å². The Kier molecular flexibility index (Phi) is 6.95. The first-order valence-corrected chi connectivity index (χ1v) is 9.40. The number of hydrogen-bond acceptors (Lipinski definition) is 6. The number of carbonyl (C=O) groups is 2. The molecule has 1 fully saturated rings. The summed E-state index contributed by atoms with van der Waals surface area (Å²) in [6, 6.07) is 8.44. The third kappa shape index (κ3) is 5.67. The maximum atomic E-state index is 11.0. The summed E-state index contributed by atoms with van der Waals surface area (Å²) in [5.74, 6) is -0.0511. The summed E-state index contributed by atoms with van der Waals surface area (Å²) < 4.78 is 5.28. The molecule has 5 N–H and O–H groups in total. The highest BCUT2D eigenvalue weighted by atomic mass is 16.4. The number of anilines is 1. The number of primary amides is 1. The number of amides is 2. The van der Waals surface area contributed by atoms with E-state index in [1.807, 2.05) is 20.8 Å². The van der Waals surface area contributed by atoms with Crippen LogP contribution < -0.4 is 11.1 Å². The van der Waals surface area contributed by atoms with Crippen molar-refractivity contribution < 1.29 is 24.2 Å². The molecule has 160 valence electrons. The average molecular weight is 414 g/mol. The van der Waals surface area contributed by atoms with Crippen molar-refractivity contribution in [3.05, 3.63) is 46.9 Å². The highest BCUT2D eigenvalue weighted by Crippen LogP contribution is 2.34. The van der Waals surface area contributed by atoms with Gasteiger partial charge in [0.15, 0.2) is 5.76 Å². The molecule has 2 aromatic rings. The van der Waals surface area contributed by atoms with E-state index in [1.165, 1.54) is 17.0 Å². The van der Waals surface area contributed by atoms with Crippen LogP contribution in [0.3, 0.4) is 0 Å². The Labute approximate surface area is 174 Å². The molecular weight excluding hydrogens is 388 g/mol. The molecule has 30 heavy (non-hydrogen) atoms. The minimum absolute atomic E-state index is 0.0174. The monoisotopic (exact) mass is 414 g/mol. The molecule has 2 heterocycles. The third-order valence-corrected chi connectivity index (χ3v) is 4.55. The highest BCUT2D eigenvalue weighted by Gasteiger charge is 2.21. The number of rotatable bonds is 4. The molecule has 1 aliphatic heterocycles. The lowest BCUT2D eigenvalue weighted by Gasteiger charge is -2.27. The molecule has 0 atom stereocenters. The minimum Gasteiger partial charge on any atom is -0.506 e. The van der Waals surface area contributed by atoms with Crippen LogP contribution in [-0.4, -0.2) is 40.2 Å². The lowest BCUT2D eigenvalue weighted by molar-refractivity contribution is 0.0972. The third-order valence-electron chi connectivity index (χ3n) is 4.55. The number of nitrogens with two attached hydrogens (primary N) is 1. The second kappa shape index (κ2) is 9.22. The van der Waals surface area contributed by atoms with E-state index >= 15 is 0 Å². The van der Waals surface area contributed by atoms with E-state index in [2.05, 4.69) is 11.4 Å². The van der Waals surface area contributed by atoms with Crippen LogP contribution in [0.1, 0.15) is 54.6 Å². The lowest BCUT2D eigenvalue weighted by atomic mass is 9.83. The fraction of sp³-hybridized carbons (Fsp3) is 0.381. The zero-order chi connectivity index (χ0) is 22.5. The molecule has 0 radical (unpaired) electrons. The van der Waals surface area contributed by atoms with Gasteiger partial charge in [0.25, 0.3) is 5.91 Å². The van der Waals surface area contributed by atoms with Gasteiger partial charge in [0.2, 0.25) is 0 Å². The molecule has 0 bridgehead atoms. The number of nitriles is 1. The van der Waals surface area contributed by atoms with E-state index in [1.54, 1.807) is 12.1 Å². The highest BCUT2D eigenvalue weighted by molar-refractivity contribution is 5.89. The van der Waals surface area contributed by atoms with Crippen LogP contribution in [0.15, 0.2) is 28.7 Å². The van der Waals surface area contributed by atoms with Crippen molar-refractivity contribution in [3.8, 4) is 11.8 Å². The number of nitrogens with zero attached hydrogens (tertiary/aromatic N) is 2. The number of phenolic OH excluding ortho intramolecular Hbond substituents is 1. The first-order valence-electron chi connectivity index (χ1n) is 9.40. The molecule has 9 heteroatoms. The number of phenols is 1. The maximum Gasteiger partial charge on any atom is 0.407 e. The van der Waals surface area contributed by atoms with Crippen molar-refractivity contribution in [1.29, 1.82) is 5.26 Å². The first kappa shape index (κ1) is 22.6. The Morgan fingerprint density at radius 2 is 1.97 bits per heavy atom. The fourth-order valence-corrected chi connectivity index (χ4v) is 2.74. The van der Waals surface area contributed by atoms with Gasteiger partial charge in [-0.05, 0) is 35.6 Å². The van der Waals surface area contributed by atoms with Crippen LogP contribution in [0.25, 0.3) is 0 Å². The van der Waals surface area contributed by atoms with Crippen LogP contribution in [-0.2, 0) is 12.0 Å². The Bertz CT molecular complexity index is 965. The van der Waals surface area contributed by atoms with Gasteiger partial charge in [-0.25, -0.2) is 4.79 Å². The summed E-state index contributed by atoms with van der Waals surface area (Å²) in [6.07, 6.45) is 0.248. The van der Waals surface area contributed by atoms with Gasteiger partial charge in [-0.15, -0.1) is 0 Å². The predicted octanol–water partition coefficient (Wildman–Crippen LogP) is 3.24. The van der Waals surface area contributed by atoms with Gasteiger partial charge >= 0.3 is 6.09 Å². The Hall–Kier alpha value is -3.67. The zero-order valence-electron chi connectivity index (χ0n) is 17.2. The van der Waals surface area contributed by atoms with Gasteiger partial charge in [0.05, 0.1) is 23.9 Å². The van der Waals surface area contributed by atoms with Crippen LogP contribution in [0.4, 0.5) is 10.5 Å². The molecule has 0 aliphatic carbocycles. The fourth-order valence-electron chi connectivity index (χ4n) is 2.74. The normalized spacial score (nSPS) is 12.8. The standard InChI is InChI=1S/C17H19N3O3.C4H7NO2/c1-17(2,3)12-7-13(14(21)6-10(12)8-18)20-9-11-4-5-15(23-11)16(19)22;6-4(7)5-2-1-3-5/h4-7,20-21H,9H2,1-3H3,(H2,19,22);1-3H2,(H,6,7). The van der Waals surface area contributed by atoms with E-state index in [-0.39, 0.29) is 23.5 Å². The molecule has 1 saturated heterocycles. The van der Waals surface area contributed by atoms with Gasteiger partial charge in [-0.3, -0.25) is 4.79 Å². The topological polar surface area (TPSA) is 153 Å². The van der Waals surface area contributed by atoms with Gasteiger partial charge in [-0.2, -0.15) is 5.26 Å². The largest absolute Gasteiger partial charge is 0.506 e. The Morgan fingerprint density at radius 3 is 2.37 bits per heavy atom. The molecule has 1 aromatic carbocycles. The minimum atomic E-state index is -0.786. The van der Waals surface area contributed by atoms with Crippen molar-refractivity contribution in [2.75, 3.05) is 18.4 Å². The molecule has 0 saturated carbocycles. The summed E-state index contributed by atoms with van der Waals surface area (Å²) in [7, 11) is 0. The first-order chi connectivity index (χ1) is 14.0. The number of furan rings is 1. The Balaban J connectivity index is 0.000000386. The van der Waals surface area contributed by atoms with Crippen molar-refractivity contribution >= 4 is 17.7 Å². The maximum absolute atomic E-state index is 11.0. The summed E-state index contributed by atoms with van der Waals surface area (Å²) in [5, 5.41) is 30.5.